The lowest BCUT2D eigenvalue weighted by Gasteiger charge is -2.13. The Morgan fingerprint density at radius 2 is 1.96 bits per heavy atom. The number of rotatable bonds is 7. The number of anilines is 1. The van der Waals surface area contributed by atoms with Crippen LogP contribution in [0.5, 0.6) is 0 Å². The van der Waals surface area contributed by atoms with Gasteiger partial charge in [-0.25, -0.2) is 8.78 Å². The third-order valence-electron chi connectivity index (χ3n) is 3.94. The molecule has 0 aliphatic carbocycles. The van der Waals surface area contributed by atoms with Gasteiger partial charge in [0.05, 0.1) is 10.9 Å². The summed E-state index contributed by atoms with van der Waals surface area (Å²) in [5, 5.41) is 10.9. The van der Waals surface area contributed by atoms with Gasteiger partial charge in [0, 0.05) is 30.6 Å². The predicted molar refractivity (Wildman–Crippen MR) is 104 cm³/mol. The lowest BCUT2D eigenvalue weighted by atomic mass is 10.2. The number of carbonyl (C=O) groups excluding carboxylic acids is 1. The number of halogens is 2. The molecule has 1 aromatic carbocycles. The summed E-state index contributed by atoms with van der Waals surface area (Å²) in [5.74, 6) is -1.08. The molecule has 0 saturated heterocycles. The average molecular weight is 403 g/mol. The summed E-state index contributed by atoms with van der Waals surface area (Å²) >= 11 is 1.21. The molecule has 1 unspecified atom stereocenters. The fourth-order valence-electron chi connectivity index (χ4n) is 2.55. The first-order valence-electron chi connectivity index (χ1n) is 8.75. The maximum Gasteiger partial charge on any atom is 0.237 e. The summed E-state index contributed by atoms with van der Waals surface area (Å²) < 4.78 is 29.0. The number of carbonyl (C=O) groups is 1. The fraction of sp³-hybridized carbons (Fsp3) is 0.263. The van der Waals surface area contributed by atoms with Crippen molar-refractivity contribution in [2.45, 2.75) is 37.2 Å². The first kappa shape index (κ1) is 19.9. The second-order valence-corrected chi connectivity index (χ2v) is 7.38. The molecule has 146 valence electrons. The molecule has 0 radical (unpaired) electrons. The second kappa shape index (κ2) is 8.92. The van der Waals surface area contributed by atoms with E-state index in [1.807, 2.05) is 23.6 Å². The molecule has 0 aliphatic heterocycles. The average Bonchev–Trinajstić information content (AvgIpc) is 3.08. The highest BCUT2D eigenvalue weighted by Gasteiger charge is 2.21. The number of hydrogen-bond donors (Lipinski definition) is 1. The van der Waals surface area contributed by atoms with Gasteiger partial charge in [-0.2, -0.15) is 0 Å². The Labute approximate surface area is 165 Å². The van der Waals surface area contributed by atoms with Crippen LogP contribution in [0.2, 0.25) is 0 Å². The van der Waals surface area contributed by atoms with Crippen LogP contribution in [0, 0.1) is 11.6 Å². The van der Waals surface area contributed by atoms with Crippen LogP contribution in [0.4, 0.5) is 14.5 Å². The fourth-order valence-corrected chi connectivity index (χ4v) is 3.43. The largest absolute Gasteiger partial charge is 0.323 e. The molecule has 28 heavy (non-hydrogen) atoms. The van der Waals surface area contributed by atoms with Gasteiger partial charge < -0.3 is 9.88 Å². The molecule has 0 fully saturated rings. The molecule has 2 aromatic heterocycles. The molecule has 0 aliphatic rings. The van der Waals surface area contributed by atoms with Crippen molar-refractivity contribution < 1.29 is 13.6 Å². The molecular formula is C19H19F2N5OS. The van der Waals surface area contributed by atoms with E-state index in [1.165, 1.54) is 11.8 Å². The topological polar surface area (TPSA) is 72.7 Å². The van der Waals surface area contributed by atoms with Crippen LogP contribution in [0.1, 0.15) is 20.3 Å². The lowest BCUT2D eigenvalue weighted by molar-refractivity contribution is -0.115. The Morgan fingerprint density at radius 3 is 2.68 bits per heavy atom. The predicted octanol–water partition coefficient (Wildman–Crippen LogP) is 4.15. The Balaban J connectivity index is 1.78. The number of amides is 1. The lowest BCUT2D eigenvalue weighted by Crippen LogP contribution is -2.23. The van der Waals surface area contributed by atoms with Crippen LogP contribution in [-0.2, 0) is 11.3 Å². The standard InChI is InChI=1S/C19H19F2N5OS/c1-3-10-26-17(13-6-8-22-9-7-13)24-25-19(26)28-12(2)18(27)23-16-11-14(20)4-5-15(16)21/h4-9,11-12H,3,10H2,1-2H3,(H,23,27). The van der Waals surface area contributed by atoms with Crippen molar-refractivity contribution >= 4 is 23.4 Å². The van der Waals surface area contributed by atoms with Gasteiger partial charge in [-0.1, -0.05) is 18.7 Å². The zero-order valence-electron chi connectivity index (χ0n) is 15.4. The normalized spacial score (nSPS) is 12.0. The molecule has 3 aromatic rings. The summed E-state index contributed by atoms with van der Waals surface area (Å²) in [5.41, 5.74) is 0.687. The van der Waals surface area contributed by atoms with Gasteiger partial charge in [0.2, 0.25) is 5.91 Å². The van der Waals surface area contributed by atoms with Gasteiger partial charge in [0.1, 0.15) is 11.6 Å². The summed E-state index contributed by atoms with van der Waals surface area (Å²) in [6.07, 6.45) is 4.21. The maximum atomic E-state index is 13.8. The number of aromatic nitrogens is 4. The van der Waals surface area contributed by atoms with E-state index >= 15 is 0 Å². The smallest absolute Gasteiger partial charge is 0.237 e. The first-order valence-corrected chi connectivity index (χ1v) is 9.63. The van der Waals surface area contributed by atoms with E-state index in [4.69, 9.17) is 0 Å². The zero-order valence-corrected chi connectivity index (χ0v) is 16.2. The molecule has 3 rings (SSSR count). The van der Waals surface area contributed by atoms with Gasteiger partial charge >= 0.3 is 0 Å². The molecule has 0 bridgehead atoms. The molecule has 1 amide bonds. The third-order valence-corrected chi connectivity index (χ3v) is 5.02. The Bertz CT molecular complexity index is 964. The molecule has 2 heterocycles. The number of nitrogens with zero attached hydrogens (tertiary/aromatic N) is 4. The van der Waals surface area contributed by atoms with Crippen LogP contribution >= 0.6 is 11.8 Å². The summed E-state index contributed by atoms with van der Waals surface area (Å²) in [6.45, 7) is 4.39. The number of benzene rings is 1. The molecule has 1 atom stereocenters. The Morgan fingerprint density at radius 1 is 1.21 bits per heavy atom. The molecule has 1 N–H and O–H groups in total. The highest BCUT2D eigenvalue weighted by atomic mass is 32.2. The van der Waals surface area contributed by atoms with E-state index in [2.05, 4.69) is 20.5 Å². The van der Waals surface area contributed by atoms with Crippen LogP contribution in [0.3, 0.4) is 0 Å². The first-order chi connectivity index (χ1) is 13.5. The van der Waals surface area contributed by atoms with E-state index in [0.717, 1.165) is 30.2 Å². The van der Waals surface area contributed by atoms with E-state index in [1.54, 1.807) is 19.3 Å². The highest BCUT2D eigenvalue weighted by molar-refractivity contribution is 8.00. The minimum atomic E-state index is -0.693. The minimum absolute atomic E-state index is 0.190. The molecular weight excluding hydrogens is 384 g/mol. The summed E-state index contributed by atoms with van der Waals surface area (Å²) in [7, 11) is 0. The Hall–Kier alpha value is -2.81. The van der Waals surface area contributed by atoms with Gasteiger partial charge in [-0.15, -0.1) is 10.2 Å². The van der Waals surface area contributed by atoms with Gasteiger partial charge in [-0.05, 0) is 37.6 Å². The highest BCUT2D eigenvalue weighted by Crippen LogP contribution is 2.28. The van der Waals surface area contributed by atoms with Crippen LogP contribution < -0.4 is 5.32 Å². The van der Waals surface area contributed by atoms with Crippen molar-refractivity contribution in [1.82, 2.24) is 19.7 Å². The number of pyridine rings is 1. The van der Waals surface area contributed by atoms with E-state index in [9.17, 15) is 13.6 Å². The van der Waals surface area contributed by atoms with Crippen LogP contribution in [0.15, 0.2) is 47.9 Å². The number of hydrogen-bond acceptors (Lipinski definition) is 5. The van der Waals surface area contributed by atoms with Crippen molar-refractivity contribution in [3.63, 3.8) is 0 Å². The van der Waals surface area contributed by atoms with Crippen molar-refractivity contribution in [3.05, 3.63) is 54.4 Å². The molecule has 6 nitrogen and oxygen atoms in total. The van der Waals surface area contributed by atoms with Crippen molar-refractivity contribution in [3.8, 4) is 11.4 Å². The van der Waals surface area contributed by atoms with Gasteiger partial charge in [-0.3, -0.25) is 9.78 Å². The van der Waals surface area contributed by atoms with Crippen molar-refractivity contribution in [1.29, 1.82) is 0 Å². The van der Waals surface area contributed by atoms with Gasteiger partial charge in [0.25, 0.3) is 0 Å². The maximum absolute atomic E-state index is 13.8. The van der Waals surface area contributed by atoms with Crippen molar-refractivity contribution in [2.24, 2.45) is 0 Å². The molecule has 0 spiro atoms. The van der Waals surface area contributed by atoms with Crippen molar-refractivity contribution in [2.75, 3.05) is 5.32 Å². The minimum Gasteiger partial charge on any atom is -0.323 e. The molecule has 0 saturated carbocycles. The zero-order chi connectivity index (χ0) is 20.1. The second-order valence-electron chi connectivity index (χ2n) is 6.07. The molecule has 9 heteroatoms. The quantitative estimate of drug-likeness (QED) is 0.600. The van der Waals surface area contributed by atoms with E-state index in [0.29, 0.717) is 17.5 Å². The summed E-state index contributed by atoms with van der Waals surface area (Å²) in [4.78, 5) is 16.4. The third kappa shape index (κ3) is 4.53. The SMILES string of the molecule is CCCn1c(SC(C)C(=O)Nc2cc(F)ccc2F)nnc1-c1ccncc1. The Kier molecular flexibility index (Phi) is 6.35. The van der Waals surface area contributed by atoms with Gasteiger partial charge in [0.15, 0.2) is 11.0 Å². The number of thioether (sulfide) groups is 1. The van der Waals surface area contributed by atoms with Crippen LogP contribution in [0.25, 0.3) is 11.4 Å². The van der Waals surface area contributed by atoms with E-state index in [-0.39, 0.29) is 5.69 Å². The monoisotopic (exact) mass is 403 g/mol. The van der Waals surface area contributed by atoms with E-state index < -0.39 is 22.8 Å². The number of nitrogens with one attached hydrogen (secondary N) is 1. The summed E-state index contributed by atoms with van der Waals surface area (Å²) in [6, 6.07) is 6.60. The van der Waals surface area contributed by atoms with Crippen LogP contribution in [-0.4, -0.2) is 30.9 Å².